The van der Waals surface area contributed by atoms with Crippen LogP contribution in [0, 0.1) is 0 Å². The van der Waals surface area contributed by atoms with E-state index in [0.717, 1.165) is 26.4 Å². The van der Waals surface area contributed by atoms with Crippen LogP contribution >= 0.6 is 0 Å². The van der Waals surface area contributed by atoms with Gasteiger partial charge in [-0.1, -0.05) is 0 Å². The number of alkyl halides is 2. The van der Waals surface area contributed by atoms with Gasteiger partial charge < -0.3 is 9.55 Å². The van der Waals surface area contributed by atoms with E-state index >= 15 is 0 Å². The number of rotatable bonds is 4. The number of halogens is 2. The van der Waals surface area contributed by atoms with Gasteiger partial charge in [0, 0.05) is 17.1 Å². The van der Waals surface area contributed by atoms with Crippen molar-refractivity contribution in [1.82, 2.24) is 28.5 Å². The van der Waals surface area contributed by atoms with E-state index in [4.69, 9.17) is 0 Å². The molecule has 0 unspecified atom stereocenters. The summed E-state index contributed by atoms with van der Waals surface area (Å²) in [5, 5.41) is 0.979. The molecule has 4 aliphatic rings. The largest absolute Gasteiger partial charge is 0.346 e. The molecule has 3 aliphatic carbocycles. The molecule has 2 bridgehead atoms. The van der Waals surface area contributed by atoms with Crippen molar-refractivity contribution in [2.75, 3.05) is 13.1 Å². The molecule has 1 saturated heterocycles. The van der Waals surface area contributed by atoms with Crippen LogP contribution in [0.15, 0.2) is 24.8 Å². The van der Waals surface area contributed by atoms with E-state index in [9.17, 15) is 17.2 Å². The Labute approximate surface area is 152 Å². The summed E-state index contributed by atoms with van der Waals surface area (Å²) in [4.78, 5) is 11.9. The van der Waals surface area contributed by atoms with Crippen molar-refractivity contribution >= 4 is 32.3 Å². The molecule has 7 rings (SSSR count). The van der Waals surface area contributed by atoms with Crippen molar-refractivity contribution in [3.8, 4) is 0 Å². The molecule has 0 aromatic carbocycles. The molecule has 4 heterocycles. The SMILES string of the molecule is O=S(=O)(NC12CC(n3cnc4cnc5[nH]ccc5c43)(C1)C2)N1CC(F)(F)C1. The maximum Gasteiger partial charge on any atom is 0.280 e. The highest BCUT2D eigenvalue weighted by molar-refractivity contribution is 7.87. The number of fused-ring (bicyclic) bond motifs is 3. The molecule has 3 aromatic rings. The Bertz CT molecular complexity index is 1190. The summed E-state index contributed by atoms with van der Waals surface area (Å²) < 4.78 is 56.2. The van der Waals surface area contributed by atoms with E-state index in [-0.39, 0.29) is 5.54 Å². The monoisotopic (exact) mass is 394 g/mol. The summed E-state index contributed by atoms with van der Waals surface area (Å²) in [5.41, 5.74) is 1.85. The lowest BCUT2D eigenvalue weighted by atomic mass is 9.44. The van der Waals surface area contributed by atoms with Gasteiger partial charge in [-0.25, -0.2) is 18.7 Å². The van der Waals surface area contributed by atoms with Crippen molar-refractivity contribution in [3.05, 3.63) is 24.8 Å². The zero-order valence-corrected chi connectivity index (χ0v) is 14.9. The Morgan fingerprint density at radius 3 is 2.63 bits per heavy atom. The molecule has 0 radical (unpaired) electrons. The molecule has 0 spiro atoms. The maximum absolute atomic E-state index is 13.0. The third-order valence-electron chi connectivity index (χ3n) is 6.11. The first-order chi connectivity index (χ1) is 12.7. The van der Waals surface area contributed by atoms with Gasteiger partial charge in [0.1, 0.15) is 11.2 Å². The van der Waals surface area contributed by atoms with E-state index in [1.165, 1.54) is 0 Å². The molecule has 27 heavy (non-hydrogen) atoms. The Balaban J connectivity index is 1.27. The molecule has 1 aliphatic heterocycles. The van der Waals surface area contributed by atoms with Crippen molar-refractivity contribution in [2.45, 2.75) is 36.3 Å². The quantitative estimate of drug-likeness (QED) is 0.698. The highest BCUT2D eigenvalue weighted by atomic mass is 32.2. The number of aromatic amines is 1. The van der Waals surface area contributed by atoms with E-state index < -0.39 is 34.8 Å². The van der Waals surface area contributed by atoms with Gasteiger partial charge in [0.05, 0.1) is 36.7 Å². The first kappa shape index (κ1) is 15.9. The van der Waals surface area contributed by atoms with Crippen LogP contribution in [-0.2, 0) is 15.7 Å². The first-order valence-electron chi connectivity index (χ1n) is 8.68. The molecular formula is C16H16F2N6O2S. The van der Waals surface area contributed by atoms with Crippen LogP contribution in [0.5, 0.6) is 0 Å². The molecular weight excluding hydrogens is 378 g/mol. The van der Waals surface area contributed by atoms with Gasteiger partial charge in [0.2, 0.25) is 0 Å². The average Bonchev–Trinajstić information content (AvgIpc) is 3.12. The van der Waals surface area contributed by atoms with Gasteiger partial charge in [-0.15, -0.1) is 0 Å². The highest BCUT2D eigenvalue weighted by Gasteiger charge is 2.71. The Morgan fingerprint density at radius 2 is 1.93 bits per heavy atom. The third kappa shape index (κ3) is 1.99. The lowest BCUT2D eigenvalue weighted by molar-refractivity contribution is -0.127. The lowest BCUT2D eigenvalue weighted by Gasteiger charge is -2.70. The van der Waals surface area contributed by atoms with E-state index in [0.29, 0.717) is 19.3 Å². The van der Waals surface area contributed by atoms with Crippen LogP contribution in [0.4, 0.5) is 8.78 Å². The summed E-state index contributed by atoms with van der Waals surface area (Å²) in [6.07, 6.45) is 7.22. The van der Waals surface area contributed by atoms with Gasteiger partial charge in [-0.3, -0.25) is 0 Å². The van der Waals surface area contributed by atoms with E-state index in [1.807, 2.05) is 12.3 Å². The second-order valence-corrected chi connectivity index (χ2v) is 9.78. The number of hydrogen-bond acceptors (Lipinski definition) is 4. The van der Waals surface area contributed by atoms with Crippen molar-refractivity contribution in [3.63, 3.8) is 0 Å². The van der Waals surface area contributed by atoms with Crippen LogP contribution < -0.4 is 4.72 Å². The van der Waals surface area contributed by atoms with Crippen molar-refractivity contribution < 1.29 is 17.2 Å². The predicted octanol–water partition coefficient (Wildman–Crippen LogP) is 1.33. The number of aromatic nitrogens is 4. The van der Waals surface area contributed by atoms with Crippen LogP contribution in [0.2, 0.25) is 0 Å². The molecule has 142 valence electrons. The normalized spacial score (nSPS) is 32.2. The molecule has 8 nitrogen and oxygen atoms in total. The number of nitrogens with zero attached hydrogens (tertiary/aromatic N) is 4. The molecule has 3 saturated carbocycles. The zero-order valence-electron chi connectivity index (χ0n) is 14.1. The fraction of sp³-hybridized carbons (Fsp3) is 0.500. The lowest BCUT2D eigenvalue weighted by Crippen LogP contribution is -2.80. The van der Waals surface area contributed by atoms with Crippen LogP contribution in [0.1, 0.15) is 19.3 Å². The van der Waals surface area contributed by atoms with Crippen LogP contribution in [0.25, 0.3) is 22.1 Å². The third-order valence-corrected chi connectivity index (χ3v) is 7.74. The van der Waals surface area contributed by atoms with E-state index in [1.54, 1.807) is 12.5 Å². The summed E-state index contributed by atoms with van der Waals surface area (Å²) in [6.45, 7) is -1.48. The van der Waals surface area contributed by atoms with Crippen molar-refractivity contribution in [2.24, 2.45) is 0 Å². The fourth-order valence-corrected chi connectivity index (χ4v) is 6.55. The smallest absolute Gasteiger partial charge is 0.280 e. The van der Waals surface area contributed by atoms with Gasteiger partial charge in [0.25, 0.3) is 16.1 Å². The topological polar surface area (TPSA) is 95.9 Å². The Hall–Kier alpha value is -2.11. The van der Waals surface area contributed by atoms with Crippen molar-refractivity contribution in [1.29, 1.82) is 0 Å². The van der Waals surface area contributed by atoms with Gasteiger partial charge in [0.15, 0.2) is 0 Å². The molecule has 3 aromatic heterocycles. The maximum atomic E-state index is 13.0. The molecule has 11 heteroatoms. The fourth-order valence-electron chi connectivity index (χ4n) is 4.94. The molecule has 0 amide bonds. The second kappa shape index (κ2) is 4.47. The summed E-state index contributed by atoms with van der Waals surface area (Å²) in [7, 11) is -3.88. The number of imidazole rings is 1. The minimum absolute atomic E-state index is 0.179. The van der Waals surface area contributed by atoms with Gasteiger partial charge >= 0.3 is 0 Å². The average molecular weight is 394 g/mol. The second-order valence-electron chi connectivity index (χ2n) is 8.11. The Morgan fingerprint density at radius 1 is 1.19 bits per heavy atom. The molecule has 4 fully saturated rings. The van der Waals surface area contributed by atoms with Gasteiger partial charge in [-0.05, 0) is 25.3 Å². The summed E-state index contributed by atoms with van der Waals surface area (Å²) >= 11 is 0. The first-order valence-corrected chi connectivity index (χ1v) is 10.1. The minimum Gasteiger partial charge on any atom is -0.346 e. The predicted molar refractivity (Wildman–Crippen MR) is 92.5 cm³/mol. The number of H-pyrrole nitrogens is 1. The molecule has 0 atom stereocenters. The number of nitrogens with one attached hydrogen (secondary N) is 2. The standard InChI is InChI=1S/C16H16F2N6O2S/c17-16(18)7-23(8-16)27(25,26)22-14-4-15(5-14,6-14)24-9-21-11-3-20-13-10(12(11)24)1-2-19-13/h1-3,9,22H,4-8H2,(H,19,20). The zero-order chi connectivity index (χ0) is 18.7. The number of pyridine rings is 1. The van der Waals surface area contributed by atoms with Crippen LogP contribution in [-0.4, -0.2) is 56.8 Å². The minimum atomic E-state index is -3.88. The summed E-state index contributed by atoms with van der Waals surface area (Å²) in [6, 6.07) is 1.96. The Kier molecular flexibility index (Phi) is 2.64. The molecule has 2 N–H and O–H groups in total. The number of hydrogen-bond donors (Lipinski definition) is 2. The highest BCUT2D eigenvalue weighted by Crippen LogP contribution is 2.66. The van der Waals surface area contributed by atoms with E-state index in [2.05, 4.69) is 24.2 Å². The van der Waals surface area contributed by atoms with Gasteiger partial charge in [-0.2, -0.15) is 17.4 Å². The van der Waals surface area contributed by atoms with Crippen LogP contribution in [0.3, 0.4) is 0 Å². The summed E-state index contributed by atoms with van der Waals surface area (Å²) in [5.74, 6) is -2.92.